The van der Waals surface area contributed by atoms with Crippen LogP contribution in [-0.2, 0) is 9.53 Å². The maximum Gasteiger partial charge on any atom is 0.325 e. The molecule has 0 unspecified atom stereocenters. The zero-order chi connectivity index (χ0) is 21.7. The van der Waals surface area contributed by atoms with Gasteiger partial charge in [-0.05, 0) is 20.8 Å². The van der Waals surface area contributed by atoms with Crippen molar-refractivity contribution in [1.82, 2.24) is 15.3 Å². The van der Waals surface area contributed by atoms with E-state index < -0.39 is 11.9 Å². The minimum atomic E-state index is -0.659. The van der Waals surface area contributed by atoms with E-state index in [4.69, 9.17) is 4.74 Å². The van der Waals surface area contributed by atoms with Crippen LogP contribution in [0.2, 0.25) is 0 Å². The second-order valence-corrected chi connectivity index (χ2v) is 7.35. The van der Waals surface area contributed by atoms with Crippen LogP contribution in [0.1, 0.15) is 28.7 Å². The maximum absolute atomic E-state index is 12.4. The lowest BCUT2D eigenvalue weighted by Crippen LogP contribution is -2.31. The number of carbonyl (C=O) groups is 2. The first-order valence-electron chi connectivity index (χ1n) is 9.24. The highest BCUT2D eigenvalue weighted by Gasteiger charge is 2.23. The highest BCUT2D eigenvalue weighted by atomic mass is 32.1. The molecule has 9 heteroatoms. The molecule has 8 nitrogen and oxygen atoms in total. The molecular formula is C21H21N3O5S. The van der Waals surface area contributed by atoms with Crippen molar-refractivity contribution in [3.63, 3.8) is 0 Å². The molecule has 0 saturated heterocycles. The average Bonchev–Trinajstić information content (AvgIpc) is 3.14. The Morgan fingerprint density at radius 1 is 1.20 bits per heavy atom. The van der Waals surface area contributed by atoms with Gasteiger partial charge in [0.2, 0.25) is 0 Å². The molecule has 0 aliphatic rings. The number of esters is 1. The first-order chi connectivity index (χ1) is 14.5. The van der Waals surface area contributed by atoms with E-state index in [-0.39, 0.29) is 24.6 Å². The smallest absolute Gasteiger partial charge is 0.325 e. The summed E-state index contributed by atoms with van der Waals surface area (Å²) in [5.74, 6) is -1.31. The molecule has 0 spiro atoms. The Kier molecular flexibility index (Phi) is 6.76. The molecule has 156 valence electrons. The van der Waals surface area contributed by atoms with Gasteiger partial charge in [-0.2, -0.15) is 0 Å². The van der Waals surface area contributed by atoms with Crippen LogP contribution in [-0.4, -0.2) is 40.3 Å². The highest BCUT2D eigenvalue weighted by Crippen LogP contribution is 2.39. The van der Waals surface area contributed by atoms with E-state index in [2.05, 4.69) is 20.2 Å². The van der Waals surface area contributed by atoms with Gasteiger partial charge in [0.05, 0.1) is 17.2 Å². The normalized spacial score (nSPS) is 10.5. The van der Waals surface area contributed by atoms with E-state index in [1.165, 1.54) is 17.5 Å². The number of thiazole rings is 1. The number of ether oxygens (including phenoxy) is 1. The van der Waals surface area contributed by atoms with Gasteiger partial charge in [0.25, 0.3) is 5.91 Å². The summed E-state index contributed by atoms with van der Waals surface area (Å²) in [7, 11) is 0. The molecule has 1 aromatic carbocycles. The molecule has 0 atom stereocenters. The van der Waals surface area contributed by atoms with Gasteiger partial charge in [-0.15, -0.1) is 11.3 Å². The number of nitrogens with one attached hydrogen (secondary N) is 1. The van der Waals surface area contributed by atoms with Crippen molar-refractivity contribution in [2.24, 2.45) is 0 Å². The Labute approximate surface area is 177 Å². The lowest BCUT2D eigenvalue weighted by molar-refractivity contribution is -0.141. The fourth-order valence-electron chi connectivity index (χ4n) is 2.89. The van der Waals surface area contributed by atoms with Crippen molar-refractivity contribution in [3.8, 4) is 26.8 Å². The van der Waals surface area contributed by atoms with Crippen molar-refractivity contribution in [1.29, 1.82) is 0 Å². The third-order valence-corrected chi connectivity index (χ3v) is 5.59. The summed E-state index contributed by atoms with van der Waals surface area (Å²) in [6.45, 7) is 5.17. The lowest BCUT2D eigenvalue weighted by atomic mass is 10.1. The Balaban J connectivity index is 1.92. The standard InChI is InChI=1S/C21H21N3O5S/c1-4-28-16(25)11-23-20(26)17-18(29-27)12(2)15(10-22-17)19-13(3)24-21(30-19)14-8-6-5-7-9-14/h5-10,27H,4,11H2,1-3H3,(H,23,26). The minimum absolute atomic E-state index is 0.0806. The fourth-order valence-corrected chi connectivity index (χ4v) is 4.02. The van der Waals surface area contributed by atoms with Gasteiger partial charge in [0.15, 0.2) is 11.4 Å². The molecule has 2 heterocycles. The summed E-state index contributed by atoms with van der Waals surface area (Å²) in [4.78, 5) is 38.0. The predicted octanol–water partition coefficient (Wildman–Crippen LogP) is 3.63. The molecular weight excluding hydrogens is 406 g/mol. The molecule has 0 radical (unpaired) electrons. The molecule has 0 fully saturated rings. The Morgan fingerprint density at radius 2 is 1.93 bits per heavy atom. The van der Waals surface area contributed by atoms with Gasteiger partial charge in [-0.25, -0.2) is 15.2 Å². The third-order valence-electron chi connectivity index (χ3n) is 4.35. The third kappa shape index (κ3) is 4.47. The summed E-state index contributed by atoms with van der Waals surface area (Å²) < 4.78 is 4.78. The number of aryl methyl sites for hydroxylation is 1. The van der Waals surface area contributed by atoms with Crippen molar-refractivity contribution in [2.45, 2.75) is 20.8 Å². The number of benzene rings is 1. The van der Waals surface area contributed by atoms with Crippen LogP contribution in [0.15, 0.2) is 36.5 Å². The van der Waals surface area contributed by atoms with Gasteiger partial charge >= 0.3 is 5.97 Å². The van der Waals surface area contributed by atoms with E-state index in [9.17, 15) is 14.8 Å². The molecule has 0 saturated carbocycles. The van der Waals surface area contributed by atoms with Gasteiger partial charge in [0, 0.05) is 22.9 Å². The van der Waals surface area contributed by atoms with Crippen LogP contribution in [0, 0.1) is 13.8 Å². The second kappa shape index (κ2) is 9.47. The molecule has 3 rings (SSSR count). The van der Waals surface area contributed by atoms with E-state index in [1.54, 1.807) is 13.8 Å². The summed E-state index contributed by atoms with van der Waals surface area (Å²) in [6.07, 6.45) is 1.53. The van der Waals surface area contributed by atoms with Gasteiger partial charge in [-0.1, -0.05) is 30.3 Å². The zero-order valence-electron chi connectivity index (χ0n) is 16.8. The minimum Gasteiger partial charge on any atom is -0.465 e. The van der Waals surface area contributed by atoms with E-state index >= 15 is 0 Å². The first kappa shape index (κ1) is 21.4. The SMILES string of the molecule is CCOC(=O)CNC(=O)c1ncc(-c2sc(-c3ccccc3)nc2C)c(C)c1OO. The van der Waals surface area contributed by atoms with Crippen molar-refractivity contribution in [2.75, 3.05) is 13.2 Å². The number of rotatable bonds is 7. The molecule has 0 aliphatic carbocycles. The van der Waals surface area contributed by atoms with Crippen molar-refractivity contribution in [3.05, 3.63) is 53.5 Å². The van der Waals surface area contributed by atoms with E-state index in [0.717, 1.165) is 21.1 Å². The van der Waals surface area contributed by atoms with Crippen molar-refractivity contribution >= 4 is 23.2 Å². The molecule has 3 aromatic rings. The van der Waals surface area contributed by atoms with Crippen LogP contribution in [0.25, 0.3) is 21.0 Å². The molecule has 2 N–H and O–H groups in total. The van der Waals surface area contributed by atoms with Crippen LogP contribution in [0.3, 0.4) is 0 Å². The summed E-state index contributed by atoms with van der Waals surface area (Å²) in [5, 5.41) is 12.7. The molecule has 30 heavy (non-hydrogen) atoms. The molecule has 0 bridgehead atoms. The fraction of sp³-hybridized carbons (Fsp3) is 0.238. The highest BCUT2D eigenvalue weighted by molar-refractivity contribution is 7.18. The van der Waals surface area contributed by atoms with Gasteiger partial charge in [-0.3, -0.25) is 9.59 Å². The average molecular weight is 427 g/mol. The van der Waals surface area contributed by atoms with Crippen LogP contribution in [0.4, 0.5) is 0 Å². The second-order valence-electron chi connectivity index (χ2n) is 6.35. The number of carbonyl (C=O) groups excluding carboxylic acids is 2. The topological polar surface area (TPSA) is 111 Å². The molecule has 1 amide bonds. The summed E-state index contributed by atoms with van der Waals surface area (Å²) in [5.41, 5.74) is 2.88. The number of aromatic nitrogens is 2. The number of nitrogens with zero attached hydrogens (tertiary/aromatic N) is 2. The van der Waals surface area contributed by atoms with Gasteiger partial charge < -0.3 is 14.9 Å². The monoisotopic (exact) mass is 427 g/mol. The quantitative estimate of drug-likeness (QED) is 0.336. The van der Waals surface area contributed by atoms with E-state index in [0.29, 0.717) is 11.1 Å². The Hall–Kier alpha value is -3.30. The van der Waals surface area contributed by atoms with Crippen LogP contribution < -0.4 is 10.2 Å². The zero-order valence-corrected chi connectivity index (χ0v) is 17.6. The maximum atomic E-state index is 12.4. The Bertz CT molecular complexity index is 1070. The Morgan fingerprint density at radius 3 is 2.60 bits per heavy atom. The number of pyridine rings is 1. The van der Waals surface area contributed by atoms with Crippen molar-refractivity contribution < 1.29 is 24.5 Å². The largest absolute Gasteiger partial charge is 0.465 e. The van der Waals surface area contributed by atoms with Gasteiger partial charge in [0.1, 0.15) is 11.6 Å². The predicted molar refractivity (Wildman–Crippen MR) is 112 cm³/mol. The first-order valence-corrected chi connectivity index (χ1v) is 10.1. The summed E-state index contributed by atoms with van der Waals surface area (Å²) >= 11 is 1.48. The number of hydrogen-bond donors (Lipinski definition) is 2. The van der Waals surface area contributed by atoms with E-state index in [1.807, 2.05) is 37.3 Å². The molecule has 0 aliphatic heterocycles. The number of amides is 1. The van der Waals surface area contributed by atoms with Crippen LogP contribution in [0.5, 0.6) is 5.75 Å². The molecule has 2 aromatic heterocycles. The number of hydrogen-bond acceptors (Lipinski definition) is 8. The van der Waals surface area contributed by atoms with Crippen LogP contribution >= 0.6 is 11.3 Å². The lowest BCUT2D eigenvalue weighted by Gasteiger charge is -2.12. The summed E-state index contributed by atoms with van der Waals surface area (Å²) in [6, 6.07) is 9.79.